The highest BCUT2D eigenvalue weighted by atomic mass is 79.9. The van der Waals surface area contributed by atoms with Crippen LogP contribution in [0.25, 0.3) is 0 Å². The molecule has 0 radical (unpaired) electrons. The van der Waals surface area contributed by atoms with Crippen molar-refractivity contribution in [1.29, 1.82) is 0 Å². The van der Waals surface area contributed by atoms with Gasteiger partial charge < -0.3 is 9.52 Å². The molecule has 19 heavy (non-hydrogen) atoms. The van der Waals surface area contributed by atoms with E-state index < -0.39 is 16.0 Å². The zero-order valence-corrected chi connectivity index (χ0v) is 12.5. The van der Waals surface area contributed by atoms with Crippen LogP contribution in [-0.4, -0.2) is 36.9 Å². The third-order valence-electron chi connectivity index (χ3n) is 3.05. The molecule has 1 aromatic heterocycles. The van der Waals surface area contributed by atoms with Crippen molar-refractivity contribution in [1.82, 2.24) is 4.31 Å². The van der Waals surface area contributed by atoms with Crippen LogP contribution in [-0.2, 0) is 10.0 Å². The summed E-state index contributed by atoms with van der Waals surface area (Å²) in [7, 11) is -3.70. The van der Waals surface area contributed by atoms with Crippen molar-refractivity contribution in [2.45, 2.75) is 30.6 Å². The van der Waals surface area contributed by atoms with Gasteiger partial charge in [-0.2, -0.15) is 4.31 Å². The molecule has 8 heteroatoms. The first kappa shape index (κ1) is 14.5. The van der Waals surface area contributed by atoms with Crippen molar-refractivity contribution in [3.8, 4) is 0 Å². The maximum absolute atomic E-state index is 12.4. The molecule has 0 bridgehead atoms. The van der Waals surface area contributed by atoms with Crippen LogP contribution in [0, 0.1) is 0 Å². The molecule has 2 rings (SSSR count). The molecule has 0 aromatic carbocycles. The van der Waals surface area contributed by atoms with Gasteiger partial charge in [0.2, 0.25) is 15.8 Å². The summed E-state index contributed by atoms with van der Waals surface area (Å²) in [6.45, 7) is 0.921. The van der Waals surface area contributed by atoms with Gasteiger partial charge in [-0.25, -0.2) is 13.2 Å². The van der Waals surface area contributed by atoms with Crippen LogP contribution in [0.4, 0.5) is 0 Å². The van der Waals surface area contributed by atoms with Crippen molar-refractivity contribution in [2.75, 3.05) is 13.1 Å². The number of carbonyl (C=O) groups is 1. The zero-order chi connectivity index (χ0) is 14.0. The van der Waals surface area contributed by atoms with Gasteiger partial charge in [0.15, 0.2) is 4.67 Å². The summed E-state index contributed by atoms with van der Waals surface area (Å²) in [6.07, 6.45) is 3.67. The van der Waals surface area contributed by atoms with E-state index in [1.807, 2.05) is 0 Å². The third-order valence-corrected chi connectivity index (χ3v) is 5.80. The van der Waals surface area contributed by atoms with Gasteiger partial charge in [-0.3, -0.25) is 0 Å². The Labute approximate surface area is 119 Å². The smallest absolute Gasteiger partial charge is 0.371 e. The minimum Gasteiger partial charge on any atom is -0.475 e. The first-order valence-electron chi connectivity index (χ1n) is 5.95. The van der Waals surface area contributed by atoms with E-state index in [1.54, 1.807) is 0 Å². The van der Waals surface area contributed by atoms with Crippen LogP contribution in [0.5, 0.6) is 0 Å². The third kappa shape index (κ3) is 3.01. The van der Waals surface area contributed by atoms with Crippen LogP contribution < -0.4 is 0 Å². The highest BCUT2D eigenvalue weighted by molar-refractivity contribution is 9.10. The monoisotopic (exact) mass is 351 g/mol. The maximum atomic E-state index is 12.4. The summed E-state index contributed by atoms with van der Waals surface area (Å²) >= 11 is 2.97. The zero-order valence-electron chi connectivity index (χ0n) is 10.1. The van der Waals surface area contributed by atoms with Gasteiger partial charge in [0.25, 0.3) is 0 Å². The molecule has 1 fully saturated rings. The second kappa shape index (κ2) is 5.64. The molecule has 0 saturated carbocycles. The molecule has 2 heterocycles. The lowest BCUT2D eigenvalue weighted by Crippen LogP contribution is -2.31. The Morgan fingerprint density at radius 1 is 1.26 bits per heavy atom. The predicted octanol–water partition coefficient (Wildman–Crippen LogP) is 2.31. The van der Waals surface area contributed by atoms with E-state index in [-0.39, 0.29) is 15.3 Å². The number of hydrogen-bond donors (Lipinski definition) is 1. The molecule has 1 aromatic rings. The lowest BCUT2D eigenvalue weighted by atomic mass is 10.2. The number of carboxylic acids is 1. The normalized spacial score (nSPS) is 18.2. The highest BCUT2D eigenvalue weighted by Gasteiger charge is 2.30. The quantitative estimate of drug-likeness (QED) is 0.902. The lowest BCUT2D eigenvalue weighted by Gasteiger charge is -2.18. The number of hydrogen-bond acceptors (Lipinski definition) is 4. The van der Waals surface area contributed by atoms with Crippen molar-refractivity contribution < 1.29 is 22.7 Å². The van der Waals surface area contributed by atoms with Crippen LogP contribution in [0.15, 0.2) is 20.0 Å². The molecule has 1 aliphatic heterocycles. The Morgan fingerprint density at radius 2 is 1.84 bits per heavy atom. The maximum Gasteiger partial charge on any atom is 0.371 e. The van der Waals surface area contributed by atoms with E-state index in [2.05, 4.69) is 15.9 Å². The number of aromatic carboxylic acids is 1. The average molecular weight is 352 g/mol. The van der Waals surface area contributed by atoms with Crippen molar-refractivity contribution in [3.63, 3.8) is 0 Å². The van der Waals surface area contributed by atoms with Gasteiger partial charge in [0.1, 0.15) is 4.90 Å². The predicted molar refractivity (Wildman–Crippen MR) is 70.6 cm³/mol. The standard InChI is InChI=1S/C11H14BrNO5S/c12-10-9(7-8(18-10)11(14)15)19(16,17)13-5-3-1-2-4-6-13/h7H,1-6H2,(H,14,15). The summed E-state index contributed by atoms with van der Waals surface area (Å²) in [5, 5.41) is 8.82. The van der Waals surface area contributed by atoms with Crippen molar-refractivity contribution in [3.05, 3.63) is 16.5 Å². The van der Waals surface area contributed by atoms with E-state index in [4.69, 9.17) is 9.52 Å². The fourth-order valence-corrected chi connectivity index (χ4v) is 4.47. The number of nitrogens with zero attached hydrogens (tertiary/aromatic N) is 1. The molecular weight excluding hydrogens is 338 g/mol. The molecule has 0 amide bonds. The molecule has 106 valence electrons. The summed E-state index contributed by atoms with van der Waals surface area (Å²) in [6, 6.07) is 1.05. The minimum absolute atomic E-state index is 0.0610. The van der Waals surface area contributed by atoms with Crippen LogP contribution in [0.1, 0.15) is 36.2 Å². The number of sulfonamides is 1. The Hall–Kier alpha value is -0.860. The van der Waals surface area contributed by atoms with E-state index in [0.29, 0.717) is 13.1 Å². The second-order valence-electron chi connectivity index (χ2n) is 4.37. The molecular formula is C11H14BrNO5S. The largest absolute Gasteiger partial charge is 0.475 e. The van der Waals surface area contributed by atoms with E-state index in [0.717, 1.165) is 31.7 Å². The van der Waals surface area contributed by atoms with Gasteiger partial charge in [-0.15, -0.1) is 0 Å². The van der Waals surface area contributed by atoms with Gasteiger partial charge in [0.05, 0.1) is 0 Å². The van der Waals surface area contributed by atoms with Gasteiger partial charge >= 0.3 is 5.97 Å². The highest BCUT2D eigenvalue weighted by Crippen LogP contribution is 2.29. The first-order valence-corrected chi connectivity index (χ1v) is 8.19. The summed E-state index contributed by atoms with van der Waals surface area (Å²) < 4.78 is 31.1. The number of furan rings is 1. The Bertz CT molecular complexity index is 572. The van der Waals surface area contributed by atoms with Crippen molar-refractivity contribution >= 4 is 31.9 Å². The van der Waals surface area contributed by atoms with E-state index in [1.165, 1.54) is 4.31 Å². The molecule has 6 nitrogen and oxygen atoms in total. The molecule has 1 aliphatic rings. The van der Waals surface area contributed by atoms with Gasteiger partial charge in [-0.1, -0.05) is 12.8 Å². The van der Waals surface area contributed by atoms with E-state index in [9.17, 15) is 13.2 Å². The topological polar surface area (TPSA) is 87.8 Å². The first-order chi connectivity index (χ1) is 8.93. The second-order valence-corrected chi connectivity index (χ2v) is 7.00. The van der Waals surface area contributed by atoms with Crippen molar-refractivity contribution in [2.24, 2.45) is 0 Å². The summed E-state index contributed by atoms with van der Waals surface area (Å²) in [4.78, 5) is 10.7. The average Bonchev–Trinajstić information content (AvgIpc) is 2.59. The molecule has 0 aliphatic carbocycles. The Kier molecular flexibility index (Phi) is 4.32. The summed E-state index contributed by atoms with van der Waals surface area (Å²) in [5.74, 6) is -1.68. The fraction of sp³-hybridized carbons (Fsp3) is 0.545. The lowest BCUT2D eigenvalue weighted by molar-refractivity contribution is 0.0661. The van der Waals surface area contributed by atoms with Crippen LogP contribution in [0.2, 0.25) is 0 Å². The number of halogens is 1. The number of rotatable bonds is 3. The van der Waals surface area contributed by atoms with Crippen LogP contribution >= 0.6 is 15.9 Å². The Morgan fingerprint density at radius 3 is 2.32 bits per heavy atom. The van der Waals surface area contributed by atoms with Crippen LogP contribution in [0.3, 0.4) is 0 Å². The van der Waals surface area contributed by atoms with E-state index >= 15 is 0 Å². The molecule has 0 atom stereocenters. The minimum atomic E-state index is -3.70. The fourth-order valence-electron chi connectivity index (χ4n) is 2.05. The number of carboxylic acid groups (broad SMARTS) is 1. The Balaban J connectivity index is 2.35. The van der Waals surface area contributed by atoms with Gasteiger partial charge in [0, 0.05) is 19.2 Å². The molecule has 1 N–H and O–H groups in total. The molecule has 1 saturated heterocycles. The molecule has 0 unspecified atom stereocenters. The SMILES string of the molecule is O=C(O)c1cc(S(=O)(=O)N2CCCCCC2)c(Br)o1. The summed E-state index contributed by atoms with van der Waals surface area (Å²) in [5.41, 5.74) is 0. The molecule has 0 spiro atoms. The van der Waals surface area contributed by atoms with Gasteiger partial charge in [-0.05, 0) is 28.8 Å².